The number of hydrogen-bond donors (Lipinski definition) is 1. The van der Waals surface area contributed by atoms with Gasteiger partial charge in [0.25, 0.3) is 11.2 Å². The fraction of sp³-hybridized carbons (Fsp3) is 0.0400. The van der Waals surface area contributed by atoms with Crippen molar-refractivity contribution in [3.63, 3.8) is 0 Å². The molecule has 2 heterocycles. The van der Waals surface area contributed by atoms with Crippen LogP contribution in [0.5, 0.6) is 0 Å². The molecule has 6 heteroatoms. The lowest BCUT2D eigenvalue weighted by molar-refractivity contribution is -0.384. The third kappa shape index (κ3) is 3.14. The van der Waals surface area contributed by atoms with Crippen molar-refractivity contribution in [1.29, 1.82) is 0 Å². The van der Waals surface area contributed by atoms with Gasteiger partial charge in [-0.05, 0) is 36.2 Å². The molecule has 0 aliphatic rings. The summed E-state index contributed by atoms with van der Waals surface area (Å²) in [5, 5.41) is 13.0. The molecule has 0 aliphatic heterocycles. The van der Waals surface area contributed by atoms with E-state index in [1.54, 1.807) is 6.07 Å². The highest BCUT2D eigenvalue weighted by Crippen LogP contribution is 2.36. The van der Waals surface area contributed by atoms with Gasteiger partial charge in [-0.2, -0.15) is 0 Å². The van der Waals surface area contributed by atoms with Crippen LogP contribution < -0.4 is 5.56 Å². The number of aryl methyl sites for hydroxylation is 1. The van der Waals surface area contributed by atoms with Crippen molar-refractivity contribution >= 4 is 27.5 Å². The van der Waals surface area contributed by atoms with Crippen LogP contribution in [0.1, 0.15) is 5.56 Å². The van der Waals surface area contributed by atoms with Crippen LogP contribution in [0.2, 0.25) is 0 Å². The lowest BCUT2D eigenvalue weighted by atomic mass is 9.93. The molecule has 5 aromatic rings. The number of hydrogen-bond acceptors (Lipinski definition) is 4. The van der Waals surface area contributed by atoms with Crippen molar-refractivity contribution in [1.82, 2.24) is 9.97 Å². The van der Waals surface area contributed by atoms with Gasteiger partial charge in [0.1, 0.15) is 0 Å². The maximum Gasteiger partial charge on any atom is 0.270 e. The average Bonchev–Trinajstić information content (AvgIpc) is 2.78. The number of H-pyrrole nitrogens is 1. The van der Waals surface area contributed by atoms with Gasteiger partial charge in [0, 0.05) is 34.0 Å². The molecule has 0 aliphatic carbocycles. The fourth-order valence-electron chi connectivity index (χ4n) is 4.02. The van der Waals surface area contributed by atoms with E-state index < -0.39 is 4.92 Å². The number of nitrogens with zero attached hydrogens (tertiary/aromatic N) is 2. The number of aromatic nitrogens is 2. The first kappa shape index (κ1) is 18.7. The second kappa shape index (κ2) is 7.18. The molecule has 0 bridgehead atoms. The van der Waals surface area contributed by atoms with Crippen LogP contribution in [0.25, 0.3) is 44.2 Å². The first-order valence-corrected chi connectivity index (χ1v) is 9.79. The number of benzene rings is 3. The molecule has 31 heavy (non-hydrogen) atoms. The maximum absolute atomic E-state index is 13.3. The smallest absolute Gasteiger partial charge is 0.270 e. The minimum atomic E-state index is -0.433. The molecule has 2 aromatic heterocycles. The monoisotopic (exact) mass is 407 g/mol. The van der Waals surface area contributed by atoms with E-state index in [2.05, 4.69) is 4.98 Å². The van der Waals surface area contributed by atoms with Gasteiger partial charge < -0.3 is 4.98 Å². The summed E-state index contributed by atoms with van der Waals surface area (Å²) in [5.41, 5.74) is 4.35. The summed E-state index contributed by atoms with van der Waals surface area (Å²) in [6, 6.07) is 23.6. The van der Waals surface area contributed by atoms with E-state index in [0.717, 1.165) is 22.0 Å². The molecule has 0 spiro atoms. The average molecular weight is 407 g/mol. The van der Waals surface area contributed by atoms with E-state index in [0.29, 0.717) is 27.7 Å². The van der Waals surface area contributed by atoms with Gasteiger partial charge in [0.2, 0.25) is 0 Å². The standard InChI is InChI=1S/C25H17N3O3/c1-15-13-22(26-20-10-6-5-9-18(15)20)24-23(16-7-3-2-4-8-16)19-14-17(28(30)31)11-12-21(19)27-25(24)29/h2-14H,1H3,(H,27,29). The number of nitro groups is 1. The van der Waals surface area contributed by atoms with Crippen molar-refractivity contribution in [3.8, 4) is 22.4 Å². The molecule has 0 unspecified atom stereocenters. The van der Waals surface area contributed by atoms with Crippen LogP contribution in [-0.4, -0.2) is 14.9 Å². The fourth-order valence-corrected chi connectivity index (χ4v) is 4.02. The molecule has 0 radical (unpaired) electrons. The quantitative estimate of drug-likeness (QED) is 0.310. The second-order valence-electron chi connectivity index (χ2n) is 7.40. The predicted molar refractivity (Wildman–Crippen MR) is 122 cm³/mol. The van der Waals surface area contributed by atoms with E-state index in [4.69, 9.17) is 4.98 Å². The van der Waals surface area contributed by atoms with Crippen LogP contribution in [0, 0.1) is 17.0 Å². The van der Waals surface area contributed by atoms with Crippen molar-refractivity contribution < 1.29 is 4.92 Å². The van der Waals surface area contributed by atoms with E-state index in [1.165, 1.54) is 12.1 Å². The van der Waals surface area contributed by atoms with Crippen LogP contribution >= 0.6 is 0 Å². The van der Waals surface area contributed by atoms with Gasteiger partial charge >= 0.3 is 0 Å². The van der Waals surface area contributed by atoms with Gasteiger partial charge in [0.15, 0.2) is 0 Å². The third-order valence-electron chi connectivity index (χ3n) is 5.45. The number of rotatable bonds is 3. The number of aromatic amines is 1. The SMILES string of the molecule is Cc1cc(-c2c(-c3ccccc3)c3cc([N+](=O)[O-])ccc3[nH]c2=O)nc2ccccc12. The Morgan fingerprint density at radius 1 is 0.871 bits per heavy atom. The first-order chi connectivity index (χ1) is 15.0. The zero-order chi connectivity index (χ0) is 21.5. The Morgan fingerprint density at radius 2 is 1.61 bits per heavy atom. The third-order valence-corrected chi connectivity index (χ3v) is 5.45. The molecule has 0 saturated carbocycles. The molecule has 3 aromatic carbocycles. The minimum Gasteiger partial charge on any atom is -0.321 e. The predicted octanol–water partition coefficient (Wildman–Crippen LogP) is 5.63. The van der Waals surface area contributed by atoms with Crippen LogP contribution in [-0.2, 0) is 0 Å². The summed E-state index contributed by atoms with van der Waals surface area (Å²) in [5.74, 6) is 0. The van der Waals surface area contributed by atoms with Gasteiger partial charge in [-0.15, -0.1) is 0 Å². The molecule has 0 fully saturated rings. The Labute approximate surface area is 177 Å². The lowest BCUT2D eigenvalue weighted by Crippen LogP contribution is -2.12. The summed E-state index contributed by atoms with van der Waals surface area (Å²) in [6.45, 7) is 1.98. The second-order valence-corrected chi connectivity index (χ2v) is 7.40. The Kier molecular flexibility index (Phi) is 4.33. The number of nitro benzene ring substituents is 1. The van der Waals surface area contributed by atoms with E-state index in [9.17, 15) is 14.9 Å². The van der Waals surface area contributed by atoms with E-state index >= 15 is 0 Å². The zero-order valence-corrected chi connectivity index (χ0v) is 16.6. The molecule has 150 valence electrons. The number of non-ortho nitro benzene ring substituents is 1. The van der Waals surface area contributed by atoms with Gasteiger partial charge in [-0.3, -0.25) is 14.9 Å². The maximum atomic E-state index is 13.3. The normalized spacial score (nSPS) is 11.1. The summed E-state index contributed by atoms with van der Waals surface area (Å²) in [4.78, 5) is 31.9. The first-order valence-electron chi connectivity index (χ1n) is 9.79. The molecular weight excluding hydrogens is 390 g/mol. The number of fused-ring (bicyclic) bond motifs is 2. The molecule has 5 rings (SSSR count). The number of para-hydroxylation sites is 1. The van der Waals surface area contributed by atoms with E-state index in [-0.39, 0.29) is 11.2 Å². The van der Waals surface area contributed by atoms with Gasteiger partial charge in [-0.1, -0.05) is 48.5 Å². The molecule has 0 atom stereocenters. The highest BCUT2D eigenvalue weighted by molar-refractivity contribution is 6.03. The summed E-state index contributed by atoms with van der Waals surface area (Å²) >= 11 is 0. The molecule has 1 N–H and O–H groups in total. The van der Waals surface area contributed by atoms with Crippen LogP contribution in [0.3, 0.4) is 0 Å². The van der Waals surface area contributed by atoms with Crippen LogP contribution in [0.15, 0.2) is 83.7 Å². The lowest BCUT2D eigenvalue weighted by Gasteiger charge is -2.14. The number of pyridine rings is 2. The van der Waals surface area contributed by atoms with Crippen molar-refractivity contribution in [3.05, 3.63) is 105 Å². The summed E-state index contributed by atoms with van der Waals surface area (Å²) in [7, 11) is 0. The molecule has 0 saturated heterocycles. The largest absolute Gasteiger partial charge is 0.321 e. The molecule has 0 amide bonds. The Morgan fingerprint density at radius 3 is 2.39 bits per heavy atom. The van der Waals surface area contributed by atoms with Crippen molar-refractivity contribution in [2.75, 3.05) is 0 Å². The molecular formula is C25H17N3O3. The highest BCUT2D eigenvalue weighted by Gasteiger charge is 2.20. The Balaban J connectivity index is 1.94. The topological polar surface area (TPSA) is 88.9 Å². The van der Waals surface area contributed by atoms with E-state index in [1.807, 2.05) is 67.6 Å². The molecule has 6 nitrogen and oxygen atoms in total. The highest BCUT2D eigenvalue weighted by atomic mass is 16.6. The van der Waals surface area contributed by atoms with Crippen molar-refractivity contribution in [2.45, 2.75) is 6.92 Å². The summed E-state index contributed by atoms with van der Waals surface area (Å²) in [6.07, 6.45) is 0. The minimum absolute atomic E-state index is 0.0367. The van der Waals surface area contributed by atoms with Gasteiger partial charge in [-0.25, -0.2) is 4.98 Å². The number of nitrogens with one attached hydrogen (secondary N) is 1. The van der Waals surface area contributed by atoms with Crippen LogP contribution in [0.4, 0.5) is 5.69 Å². The Bertz CT molecular complexity index is 1540. The zero-order valence-electron chi connectivity index (χ0n) is 16.6. The van der Waals surface area contributed by atoms with Crippen molar-refractivity contribution in [2.24, 2.45) is 0 Å². The summed E-state index contributed by atoms with van der Waals surface area (Å²) < 4.78 is 0. The Hall–Kier alpha value is -4.32. The van der Waals surface area contributed by atoms with Gasteiger partial charge in [0.05, 0.1) is 21.7 Å².